The number of rotatable bonds is 4. The SMILES string of the molecule is Cc1[nH]c(C2CCN(c3ccnc4c3C=C(c3cccc(F)c3)C4)CC2)nc1-c1ccccc1. The Balaban J connectivity index is 1.20. The van der Waals surface area contributed by atoms with Crippen LogP contribution in [-0.4, -0.2) is 28.0 Å². The van der Waals surface area contributed by atoms with Crippen molar-refractivity contribution in [3.05, 3.63) is 101 Å². The Labute approximate surface area is 199 Å². The van der Waals surface area contributed by atoms with Gasteiger partial charge in [0, 0.05) is 54.1 Å². The highest BCUT2D eigenvalue weighted by Crippen LogP contribution is 2.38. The van der Waals surface area contributed by atoms with Crippen molar-refractivity contribution >= 4 is 17.3 Å². The molecule has 1 aliphatic heterocycles. The minimum atomic E-state index is -0.201. The van der Waals surface area contributed by atoms with Crippen LogP contribution < -0.4 is 4.90 Å². The molecule has 34 heavy (non-hydrogen) atoms. The first-order valence-electron chi connectivity index (χ1n) is 12.0. The van der Waals surface area contributed by atoms with Gasteiger partial charge in [-0.2, -0.15) is 0 Å². The summed E-state index contributed by atoms with van der Waals surface area (Å²) in [5.74, 6) is 1.33. The van der Waals surface area contributed by atoms with Crippen molar-refractivity contribution in [2.75, 3.05) is 18.0 Å². The molecule has 5 heteroatoms. The number of hydrogen-bond acceptors (Lipinski definition) is 3. The lowest BCUT2D eigenvalue weighted by Crippen LogP contribution is -2.33. The van der Waals surface area contributed by atoms with Crippen LogP contribution in [0.25, 0.3) is 22.9 Å². The fourth-order valence-electron chi connectivity index (χ4n) is 5.31. The molecule has 3 heterocycles. The van der Waals surface area contributed by atoms with Crippen LogP contribution in [0.5, 0.6) is 0 Å². The van der Waals surface area contributed by atoms with Gasteiger partial charge < -0.3 is 9.88 Å². The normalized spacial score (nSPS) is 15.9. The van der Waals surface area contributed by atoms with Crippen molar-refractivity contribution in [2.45, 2.75) is 32.1 Å². The van der Waals surface area contributed by atoms with E-state index < -0.39 is 0 Å². The molecule has 4 nitrogen and oxygen atoms in total. The van der Waals surface area contributed by atoms with E-state index in [1.54, 1.807) is 12.1 Å². The van der Waals surface area contributed by atoms with Gasteiger partial charge in [0.25, 0.3) is 0 Å². The predicted molar refractivity (Wildman–Crippen MR) is 135 cm³/mol. The standard InChI is InChI=1S/C29H27FN4/c1-19-28(20-6-3-2-4-7-20)33-29(32-19)21-11-14-34(15-12-21)27-10-13-31-26-18-23(17-25(26)27)22-8-5-9-24(30)16-22/h2-10,13,16-17,21H,11-12,14-15,18H2,1H3,(H,32,33). The molecule has 1 fully saturated rings. The third-order valence-corrected chi connectivity index (χ3v) is 7.09. The number of aromatic nitrogens is 3. The summed E-state index contributed by atoms with van der Waals surface area (Å²) in [5.41, 5.74) is 8.90. The summed E-state index contributed by atoms with van der Waals surface area (Å²) < 4.78 is 13.8. The topological polar surface area (TPSA) is 44.8 Å². The fraction of sp³-hybridized carbons (Fsp3) is 0.241. The zero-order chi connectivity index (χ0) is 23.1. The lowest BCUT2D eigenvalue weighted by Gasteiger charge is -2.33. The number of hydrogen-bond donors (Lipinski definition) is 1. The van der Waals surface area contributed by atoms with E-state index in [0.717, 1.165) is 72.0 Å². The Hall–Kier alpha value is -3.73. The fourth-order valence-corrected chi connectivity index (χ4v) is 5.31. The number of pyridine rings is 1. The maximum Gasteiger partial charge on any atom is 0.123 e. The van der Waals surface area contributed by atoms with E-state index in [-0.39, 0.29) is 5.82 Å². The first-order valence-corrected chi connectivity index (χ1v) is 12.0. The predicted octanol–water partition coefficient (Wildman–Crippen LogP) is 6.40. The average molecular weight is 451 g/mol. The van der Waals surface area contributed by atoms with E-state index in [2.05, 4.69) is 58.2 Å². The number of benzene rings is 2. The van der Waals surface area contributed by atoms with E-state index in [9.17, 15) is 4.39 Å². The number of nitrogens with zero attached hydrogens (tertiary/aromatic N) is 3. The molecule has 0 radical (unpaired) electrons. The van der Waals surface area contributed by atoms with Crippen molar-refractivity contribution in [1.29, 1.82) is 0 Å². The highest BCUT2D eigenvalue weighted by atomic mass is 19.1. The van der Waals surface area contributed by atoms with Gasteiger partial charge in [-0.25, -0.2) is 9.37 Å². The third kappa shape index (κ3) is 3.81. The van der Waals surface area contributed by atoms with Crippen LogP contribution in [-0.2, 0) is 6.42 Å². The Morgan fingerprint density at radius 3 is 2.56 bits per heavy atom. The number of aryl methyl sites for hydroxylation is 1. The van der Waals surface area contributed by atoms with E-state index in [0.29, 0.717) is 5.92 Å². The van der Waals surface area contributed by atoms with Gasteiger partial charge in [0.2, 0.25) is 0 Å². The van der Waals surface area contributed by atoms with Crippen molar-refractivity contribution < 1.29 is 4.39 Å². The lowest BCUT2D eigenvalue weighted by molar-refractivity contribution is 0.488. The molecule has 170 valence electrons. The largest absolute Gasteiger partial charge is 0.371 e. The summed E-state index contributed by atoms with van der Waals surface area (Å²) >= 11 is 0. The molecule has 4 aromatic rings. The zero-order valence-electron chi connectivity index (χ0n) is 19.3. The van der Waals surface area contributed by atoms with Gasteiger partial charge in [-0.3, -0.25) is 4.98 Å². The second-order valence-corrected chi connectivity index (χ2v) is 9.27. The summed E-state index contributed by atoms with van der Waals surface area (Å²) in [5, 5.41) is 0. The minimum absolute atomic E-state index is 0.201. The summed E-state index contributed by atoms with van der Waals surface area (Å²) in [6.07, 6.45) is 6.96. The summed E-state index contributed by atoms with van der Waals surface area (Å²) in [6, 6.07) is 19.3. The number of fused-ring (bicyclic) bond motifs is 1. The Morgan fingerprint density at radius 2 is 1.76 bits per heavy atom. The lowest BCUT2D eigenvalue weighted by atomic mass is 9.95. The van der Waals surface area contributed by atoms with E-state index >= 15 is 0 Å². The van der Waals surface area contributed by atoms with Crippen LogP contribution in [0, 0.1) is 12.7 Å². The van der Waals surface area contributed by atoms with Crippen molar-refractivity contribution in [3.8, 4) is 11.3 Å². The van der Waals surface area contributed by atoms with Crippen LogP contribution in [0.2, 0.25) is 0 Å². The second-order valence-electron chi connectivity index (χ2n) is 9.27. The molecular formula is C29H27FN4. The number of anilines is 1. The van der Waals surface area contributed by atoms with Gasteiger partial charge in [-0.15, -0.1) is 0 Å². The van der Waals surface area contributed by atoms with Gasteiger partial charge in [0.15, 0.2) is 0 Å². The number of halogens is 1. The van der Waals surface area contributed by atoms with E-state index in [4.69, 9.17) is 4.98 Å². The zero-order valence-corrected chi connectivity index (χ0v) is 19.3. The van der Waals surface area contributed by atoms with E-state index in [1.165, 1.54) is 17.3 Å². The molecule has 0 saturated carbocycles. The maximum absolute atomic E-state index is 13.8. The summed E-state index contributed by atoms with van der Waals surface area (Å²) in [6.45, 7) is 4.06. The van der Waals surface area contributed by atoms with E-state index in [1.807, 2.05) is 18.3 Å². The molecule has 0 atom stereocenters. The smallest absolute Gasteiger partial charge is 0.123 e. The third-order valence-electron chi connectivity index (χ3n) is 7.09. The van der Waals surface area contributed by atoms with Gasteiger partial charge in [-0.1, -0.05) is 42.5 Å². The first kappa shape index (κ1) is 20.8. The Kier molecular flexibility index (Phi) is 5.25. The molecule has 2 aromatic heterocycles. The first-order chi connectivity index (χ1) is 16.7. The Morgan fingerprint density at radius 1 is 0.971 bits per heavy atom. The van der Waals surface area contributed by atoms with Crippen LogP contribution >= 0.6 is 0 Å². The number of H-pyrrole nitrogens is 1. The molecule has 0 bridgehead atoms. The molecule has 0 spiro atoms. The van der Waals surface area contributed by atoms with Gasteiger partial charge >= 0.3 is 0 Å². The van der Waals surface area contributed by atoms with Crippen molar-refractivity contribution in [1.82, 2.24) is 15.0 Å². The molecule has 2 aromatic carbocycles. The number of piperidine rings is 1. The van der Waals surface area contributed by atoms with Crippen LogP contribution in [0.1, 0.15) is 47.1 Å². The summed E-state index contributed by atoms with van der Waals surface area (Å²) in [4.78, 5) is 15.6. The highest BCUT2D eigenvalue weighted by Gasteiger charge is 2.27. The van der Waals surface area contributed by atoms with Crippen LogP contribution in [0.3, 0.4) is 0 Å². The molecular weight excluding hydrogens is 423 g/mol. The van der Waals surface area contributed by atoms with Gasteiger partial charge in [0.1, 0.15) is 11.6 Å². The molecule has 1 aliphatic carbocycles. The number of aromatic amines is 1. The van der Waals surface area contributed by atoms with Gasteiger partial charge in [-0.05, 0) is 55.2 Å². The molecule has 1 saturated heterocycles. The quantitative estimate of drug-likeness (QED) is 0.391. The molecule has 2 aliphatic rings. The second kappa shape index (κ2) is 8.56. The molecule has 6 rings (SSSR count). The van der Waals surface area contributed by atoms with Crippen molar-refractivity contribution in [2.24, 2.45) is 0 Å². The molecule has 0 unspecified atom stereocenters. The van der Waals surface area contributed by atoms with Crippen LogP contribution in [0.4, 0.5) is 10.1 Å². The van der Waals surface area contributed by atoms with Crippen LogP contribution in [0.15, 0.2) is 66.9 Å². The number of imidazole rings is 1. The maximum atomic E-state index is 13.8. The highest BCUT2D eigenvalue weighted by molar-refractivity contribution is 5.91. The number of nitrogens with one attached hydrogen (secondary N) is 1. The molecule has 1 N–H and O–H groups in total. The van der Waals surface area contributed by atoms with Crippen molar-refractivity contribution in [3.63, 3.8) is 0 Å². The van der Waals surface area contributed by atoms with Gasteiger partial charge in [0.05, 0.1) is 11.4 Å². The molecule has 0 amide bonds. The minimum Gasteiger partial charge on any atom is -0.371 e. The average Bonchev–Trinajstić information content (AvgIpc) is 3.48. The Bertz CT molecular complexity index is 1360. The monoisotopic (exact) mass is 450 g/mol. The number of allylic oxidation sites excluding steroid dienone is 1. The summed E-state index contributed by atoms with van der Waals surface area (Å²) in [7, 11) is 0.